The lowest BCUT2D eigenvalue weighted by Gasteiger charge is -2.45. The Labute approximate surface area is 224 Å². The minimum atomic E-state index is -0.356. The molecule has 2 aromatic heterocycles. The molecule has 2 bridgehead atoms. The van der Waals surface area contributed by atoms with Crippen molar-refractivity contribution in [1.82, 2.24) is 25.2 Å². The molecule has 0 spiro atoms. The lowest BCUT2D eigenvalue weighted by molar-refractivity contribution is -0.119. The lowest BCUT2D eigenvalue weighted by atomic mass is 9.83. The minimum Gasteiger partial charge on any atom is -0.379 e. The summed E-state index contributed by atoms with van der Waals surface area (Å²) in [5.41, 5.74) is 3.35. The Balaban J connectivity index is 1.35. The highest BCUT2D eigenvalue weighted by molar-refractivity contribution is 6.00. The van der Waals surface area contributed by atoms with Crippen molar-refractivity contribution < 1.29 is 9.18 Å². The number of H-pyrrole nitrogens is 2. The molecule has 39 heavy (non-hydrogen) atoms. The quantitative estimate of drug-likeness (QED) is 0.316. The molecule has 4 saturated heterocycles. The fraction of sp³-hybridized carbons (Fsp3) is 0.414. The number of nitrogens with zero attached hydrogens (tertiary/aromatic N) is 3. The van der Waals surface area contributed by atoms with Crippen LogP contribution in [0.1, 0.15) is 26.2 Å². The van der Waals surface area contributed by atoms with Crippen molar-refractivity contribution in [3.63, 3.8) is 0 Å². The predicted molar refractivity (Wildman–Crippen MR) is 151 cm³/mol. The summed E-state index contributed by atoms with van der Waals surface area (Å²) in [4.78, 5) is 40.6. The number of nitrogens with one attached hydrogen (secondary N) is 4. The number of carbonyl (C=O) groups excluding carboxylic acids is 1. The van der Waals surface area contributed by atoms with E-state index in [1.807, 2.05) is 29.2 Å². The molecule has 2 atom stereocenters. The van der Waals surface area contributed by atoms with Crippen LogP contribution in [-0.2, 0) is 4.79 Å². The first-order valence-corrected chi connectivity index (χ1v) is 13.8. The van der Waals surface area contributed by atoms with E-state index in [1.165, 1.54) is 13.0 Å². The number of hydrogen-bond acceptors (Lipinski definition) is 6. The van der Waals surface area contributed by atoms with Gasteiger partial charge < -0.3 is 30.4 Å². The Hall–Kier alpha value is -3.92. The number of piperidine rings is 3. The van der Waals surface area contributed by atoms with E-state index in [-0.39, 0.29) is 29.4 Å². The Morgan fingerprint density at radius 1 is 1.05 bits per heavy atom. The molecule has 202 valence electrons. The number of imidazole rings is 1. The van der Waals surface area contributed by atoms with Gasteiger partial charge in [0, 0.05) is 44.0 Å². The second-order valence-electron chi connectivity index (χ2n) is 11.2. The summed E-state index contributed by atoms with van der Waals surface area (Å²) in [5, 5.41) is 7.25. The third-order valence-corrected chi connectivity index (χ3v) is 8.63. The molecule has 4 aliphatic rings. The Bertz CT molecular complexity index is 1610. The number of aromatic nitrogens is 3. The molecule has 4 fully saturated rings. The highest BCUT2D eigenvalue weighted by atomic mass is 19.1. The lowest BCUT2D eigenvalue weighted by Crippen LogP contribution is -2.53. The highest BCUT2D eigenvalue weighted by Crippen LogP contribution is 2.38. The molecule has 8 rings (SSSR count). The smallest absolute Gasteiger partial charge is 0.261 e. The predicted octanol–water partition coefficient (Wildman–Crippen LogP) is 3.43. The van der Waals surface area contributed by atoms with E-state index in [9.17, 15) is 9.59 Å². The second-order valence-corrected chi connectivity index (χ2v) is 11.2. The van der Waals surface area contributed by atoms with Gasteiger partial charge >= 0.3 is 0 Å². The third kappa shape index (κ3) is 4.32. The zero-order valence-electron chi connectivity index (χ0n) is 21.9. The van der Waals surface area contributed by atoms with E-state index >= 15 is 4.39 Å². The van der Waals surface area contributed by atoms with Crippen molar-refractivity contribution in [3.8, 4) is 11.4 Å². The van der Waals surface area contributed by atoms with Crippen molar-refractivity contribution in [2.75, 3.05) is 42.9 Å². The molecule has 6 heterocycles. The monoisotopic (exact) mass is 529 g/mol. The standard InChI is InChI=1S/C29H32FN7O2/c1-16(38)31-18-8-11-37(14-18)25-13-23-19(12-20(25)30)27(32-24-15-36-9-6-17(24)7-10-36)26(29(39)35-23)28-33-21-4-2-3-5-22(21)34-28/h2-5,12-13,17-18,24H,6-11,14-15H2,1H3,(H,31,38)(H,33,34)(H2,32,35,39)/t18-,24+/m0/s1. The molecule has 0 unspecified atom stereocenters. The number of rotatable bonds is 5. The van der Waals surface area contributed by atoms with Crippen LogP contribution >= 0.6 is 0 Å². The second kappa shape index (κ2) is 9.37. The summed E-state index contributed by atoms with van der Waals surface area (Å²) in [6.45, 7) is 5.74. The summed E-state index contributed by atoms with van der Waals surface area (Å²) in [6, 6.07) is 11.1. The number of halogens is 1. The summed E-state index contributed by atoms with van der Waals surface area (Å²) < 4.78 is 15.8. The van der Waals surface area contributed by atoms with Crippen LogP contribution in [0.3, 0.4) is 0 Å². The van der Waals surface area contributed by atoms with Crippen LogP contribution in [0.2, 0.25) is 0 Å². The molecular formula is C29H32FN7O2. The zero-order chi connectivity index (χ0) is 26.7. The first-order chi connectivity index (χ1) is 18.9. The fourth-order valence-corrected chi connectivity index (χ4v) is 6.69. The number of para-hydroxylation sites is 2. The summed E-state index contributed by atoms with van der Waals surface area (Å²) in [5.74, 6) is 0.523. The molecule has 4 aliphatic heterocycles. The molecule has 0 saturated carbocycles. The van der Waals surface area contributed by atoms with Crippen molar-refractivity contribution in [1.29, 1.82) is 0 Å². The molecule has 2 aromatic carbocycles. The largest absolute Gasteiger partial charge is 0.379 e. The van der Waals surface area contributed by atoms with Gasteiger partial charge in [0.05, 0.1) is 27.9 Å². The van der Waals surface area contributed by atoms with Crippen LogP contribution in [0.25, 0.3) is 33.3 Å². The van der Waals surface area contributed by atoms with Crippen molar-refractivity contribution >= 4 is 39.2 Å². The van der Waals surface area contributed by atoms with E-state index in [4.69, 9.17) is 4.98 Å². The molecule has 0 radical (unpaired) electrons. The first-order valence-electron chi connectivity index (χ1n) is 13.8. The third-order valence-electron chi connectivity index (χ3n) is 8.63. The van der Waals surface area contributed by atoms with Gasteiger partial charge in [-0.05, 0) is 62.5 Å². The maximum atomic E-state index is 15.8. The minimum absolute atomic E-state index is 0.0268. The van der Waals surface area contributed by atoms with Gasteiger partial charge in [-0.2, -0.15) is 0 Å². The number of hydrogen-bond donors (Lipinski definition) is 4. The number of anilines is 2. The SMILES string of the molecule is CC(=O)N[C@H]1CCN(c2cc3[nH]c(=O)c(-c4nc5ccccc5[nH]4)c(N[C@@H]4CN5CCC4CC5)c3cc2F)C1. The fourth-order valence-electron chi connectivity index (χ4n) is 6.69. The van der Waals surface area contributed by atoms with Gasteiger partial charge in [0.25, 0.3) is 5.56 Å². The Morgan fingerprint density at radius 2 is 1.87 bits per heavy atom. The van der Waals surface area contributed by atoms with Crippen molar-refractivity contribution in [3.05, 3.63) is 52.6 Å². The van der Waals surface area contributed by atoms with Gasteiger partial charge in [-0.1, -0.05) is 12.1 Å². The molecule has 10 heteroatoms. The van der Waals surface area contributed by atoms with E-state index in [2.05, 4.69) is 25.5 Å². The van der Waals surface area contributed by atoms with E-state index < -0.39 is 0 Å². The van der Waals surface area contributed by atoms with Gasteiger partial charge in [0.15, 0.2) is 0 Å². The number of pyridine rings is 1. The van der Waals surface area contributed by atoms with Crippen LogP contribution in [0, 0.1) is 11.7 Å². The van der Waals surface area contributed by atoms with Gasteiger partial charge in [-0.15, -0.1) is 0 Å². The molecule has 0 aliphatic carbocycles. The van der Waals surface area contributed by atoms with Gasteiger partial charge in [-0.3, -0.25) is 9.59 Å². The van der Waals surface area contributed by atoms with Crippen molar-refractivity contribution in [2.24, 2.45) is 5.92 Å². The van der Waals surface area contributed by atoms with E-state index in [0.29, 0.717) is 52.7 Å². The maximum absolute atomic E-state index is 15.8. The topological polar surface area (TPSA) is 109 Å². The number of aromatic amines is 2. The molecule has 4 N–H and O–H groups in total. The maximum Gasteiger partial charge on any atom is 0.261 e. The number of amides is 1. The van der Waals surface area contributed by atoms with Crippen LogP contribution in [-0.4, -0.2) is 70.6 Å². The highest BCUT2D eigenvalue weighted by Gasteiger charge is 2.35. The number of carbonyl (C=O) groups is 1. The van der Waals surface area contributed by atoms with Crippen LogP contribution < -0.4 is 21.1 Å². The molecule has 1 amide bonds. The average Bonchev–Trinajstić information content (AvgIpc) is 3.56. The molecular weight excluding hydrogens is 497 g/mol. The summed E-state index contributed by atoms with van der Waals surface area (Å²) in [7, 11) is 0. The summed E-state index contributed by atoms with van der Waals surface area (Å²) >= 11 is 0. The van der Waals surface area contributed by atoms with Crippen LogP contribution in [0.5, 0.6) is 0 Å². The van der Waals surface area contributed by atoms with E-state index in [1.54, 1.807) is 6.07 Å². The average molecular weight is 530 g/mol. The van der Waals surface area contributed by atoms with Crippen LogP contribution in [0.15, 0.2) is 41.2 Å². The van der Waals surface area contributed by atoms with E-state index in [0.717, 1.165) is 49.9 Å². The number of benzene rings is 2. The Kier molecular flexibility index (Phi) is 5.80. The Morgan fingerprint density at radius 3 is 2.62 bits per heavy atom. The first kappa shape index (κ1) is 24.1. The summed E-state index contributed by atoms with van der Waals surface area (Å²) in [6.07, 6.45) is 2.97. The van der Waals surface area contributed by atoms with Crippen molar-refractivity contribution in [2.45, 2.75) is 38.3 Å². The number of fused-ring (bicyclic) bond motifs is 5. The van der Waals surface area contributed by atoms with Gasteiger partial charge in [0.2, 0.25) is 5.91 Å². The molecule has 4 aromatic rings. The van der Waals surface area contributed by atoms with Gasteiger partial charge in [-0.25, -0.2) is 9.37 Å². The normalized spacial score (nSPS) is 24.5. The zero-order valence-corrected chi connectivity index (χ0v) is 21.9. The van der Waals surface area contributed by atoms with Gasteiger partial charge in [0.1, 0.15) is 17.2 Å². The molecule has 9 nitrogen and oxygen atoms in total. The van der Waals surface area contributed by atoms with Crippen LogP contribution in [0.4, 0.5) is 15.8 Å².